The summed E-state index contributed by atoms with van der Waals surface area (Å²) >= 11 is 0. The molecule has 0 N–H and O–H groups in total. The standard InChI is InChI=1S/C25H26O2/c26-24(25-13-16-10-17(14-25)12-18(11-16)15-25)23-22(19-6-2-1-3-7-19)20-8-4-5-9-21(20)27-23/h1-9,16-18,22-23H,10-15H2/t16?,17?,18?,22-,23-,25?/m0/s1. The Bertz CT molecular complexity index is 849. The van der Waals surface area contributed by atoms with Crippen molar-refractivity contribution in [2.24, 2.45) is 23.2 Å². The molecule has 4 saturated carbocycles. The highest BCUT2D eigenvalue weighted by atomic mass is 16.5. The fourth-order valence-corrected chi connectivity index (χ4v) is 7.15. The van der Waals surface area contributed by atoms with Gasteiger partial charge in [0.05, 0.1) is 5.92 Å². The molecule has 1 aliphatic heterocycles. The van der Waals surface area contributed by atoms with E-state index in [1.165, 1.54) is 30.4 Å². The number of hydrogen-bond donors (Lipinski definition) is 0. The van der Waals surface area contributed by atoms with Crippen LogP contribution in [0.4, 0.5) is 0 Å². The maximum atomic E-state index is 14.0. The molecule has 2 heteroatoms. The molecule has 0 saturated heterocycles. The van der Waals surface area contributed by atoms with Gasteiger partial charge in [-0.05, 0) is 67.9 Å². The van der Waals surface area contributed by atoms with Crippen LogP contribution in [0.2, 0.25) is 0 Å². The number of carbonyl (C=O) groups excluding carboxylic acids is 1. The van der Waals surface area contributed by atoms with Crippen molar-refractivity contribution >= 4 is 5.78 Å². The number of hydrogen-bond acceptors (Lipinski definition) is 2. The first-order chi connectivity index (χ1) is 13.2. The lowest BCUT2D eigenvalue weighted by Crippen LogP contribution is -2.54. The summed E-state index contributed by atoms with van der Waals surface area (Å²) in [6, 6.07) is 18.7. The number of ether oxygens (including phenoxy) is 1. The Labute approximate surface area is 160 Å². The Morgan fingerprint density at radius 3 is 2.07 bits per heavy atom. The van der Waals surface area contributed by atoms with Gasteiger partial charge in [-0.3, -0.25) is 4.79 Å². The normalized spacial score (nSPS) is 38.4. The van der Waals surface area contributed by atoms with E-state index in [4.69, 9.17) is 4.74 Å². The molecule has 2 aromatic carbocycles. The molecule has 5 aliphatic rings. The summed E-state index contributed by atoms with van der Waals surface area (Å²) in [4.78, 5) is 14.0. The SMILES string of the molecule is O=C([C@H]1Oc2ccccc2[C@@H]1c1ccccc1)C12CC3CC(CC(C3)C1)C2. The number of rotatable bonds is 3. The van der Waals surface area contributed by atoms with Crippen molar-refractivity contribution in [1.29, 1.82) is 0 Å². The lowest BCUT2D eigenvalue weighted by atomic mass is 9.48. The molecular formula is C25H26O2. The van der Waals surface area contributed by atoms with E-state index >= 15 is 0 Å². The van der Waals surface area contributed by atoms with Gasteiger partial charge in [-0.2, -0.15) is 0 Å². The van der Waals surface area contributed by atoms with Crippen LogP contribution < -0.4 is 4.74 Å². The van der Waals surface area contributed by atoms with Crippen molar-refractivity contribution < 1.29 is 9.53 Å². The molecule has 2 atom stereocenters. The van der Waals surface area contributed by atoms with E-state index in [1.807, 2.05) is 18.2 Å². The molecule has 7 rings (SSSR count). The van der Waals surface area contributed by atoms with Crippen LogP contribution in [0.3, 0.4) is 0 Å². The second kappa shape index (κ2) is 5.70. The minimum atomic E-state index is -0.360. The van der Waals surface area contributed by atoms with Crippen LogP contribution in [-0.2, 0) is 4.79 Å². The maximum Gasteiger partial charge on any atom is 0.180 e. The number of para-hydroxylation sites is 1. The van der Waals surface area contributed by atoms with Crippen LogP contribution in [0, 0.1) is 23.2 Å². The van der Waals surface area contributed by atoms with Gasteiger partial charge in [0.2, 0.25) is 0 Å². The van der Waals surface area contributed by atoms with Gasteiger partial charge in [0.25, 0.3) is 0 Å². The molecule has 4 fully saturated rings. The molecule has 2 aromatic rings. The molecule has 4 aliphatic carbocycles. The van der Waals surface area contributed by atoms with E-state index in [-0.39, 0.29) is 17.4 Å². The second-order valence-corrected chi connectivity index (χ2v) is 9.53. The van der Waals surface area contributed by atoms with Crippen molar-refractivity contribution in [3.63, 3.8) is 0 Å². The molecule has 4 bridgehead atoms. The number of Topliss-reactive ketones (excluding diaryl/α,β-unsaturated/α-hetero) is 1. The summed E-state index contributed by atoms with van der Waals surface area (Å²) in [6.45, 7) is 0. The third-order valence-electron chi connectivity index (χ3n) is 7.79. The summed E-state index contributed by atoms with van der Waals surface area (Å²) < 4.78 is 6.38. The molecule has 0 aromatic heterocycles. The Hall–Kier alpha value is -2.09. The maximum absolute atomic E-state index is 14.0. The zero-order valence-corrected chi connectivity index (χ0v) is 15.6. The largest absolute Gasteiger partial charge is 0.481 e. The highest BCUT2D eigenvalue weighted by molar-refractivity contribution is 5.92. The second-order valence-electron chi connectivity index (χ2n) is 9.53. The van der Waals surface area contributed by atoms with Crippen molar-refractivity contribution in [2.45, 2.75) is 50.5 Å². The fourth-order valence-electron chi connectivity index (χ4n) is 7.15. The van der Waals surface area contributed by atoms with Gasteiger partial charge in [0.1, 0.15) is 5.75 Å². The zero-order chi connectivity index (χ0) is 18.0. The first-order valence-electron chi connectivity index (χ1n) is 10.6. The minimum Gasteiger partial charge on any atom is -0.481 e. The molecule has 0 spiro atoms. The van der Waals surface area contributed by atoms with Crippen molar-refractivity contribution in [3.05, 3.63) is 65.7 Å². The Kier molecular flexibility index (Phi) is 3.36. The van der Waals surface area contributed by atoms with Crippen LogP contribution >= 0.6 is 0 Å². The smallest absolute Gasteiger partial charge is 0.180 e. The number of ketones is 1. The lowest BCUT2D eigenvalue weighted by Gasteiger charge is -2.56. The quantitative estimate of drug-likeness (QED) is 0.738. The van der Waals surface area contributed by atoms with E-state index < -0.39 is 0 Å². The van der Waals surface area contributed by atoms with Crippen molar-refractivity contribution in [3.8, 4) is 5.75 Å². The monoisotopic (exact) mass is 358 g/mol. The molecule has 138 valence electrons. The molecule has 0 radical (unpaired) electrons. The highest BCUT2D eigenvalue weighted by Gasteiger charge is 2.58. The van der Waals surface area contributed by atoms with Gasteiger partial charge < -0.3 is 4.74 Å². The number of fused-ring (bicyclic) bond motifs is 1. The van der Waals surface area contributed by atoms with Crippen LogP contribution in [-0.4, -0.2) is 11.9 Å². The summed E-state index contributed by atoms with van der Waals surface area (Å²) in [7, 11) is 0. The van der Waals surface area contributed by atoms with Gasteiger partial charge in [0, 0.05) is 11.0 Å². The molecule has 2 nitrogen and oxygen atoms in total. The number of benzene rings is 2. The predicted octanol–water partition coefficient (Wildman–Crippen LogP) is 5.37. The molecule has 0 amide bonds. The van der Waals surface area contributed by atoms with E-state index in [2.05, 4.69) is 36.4 Å². The van der Waals surface area contributed by atoms with Crippen LogP contribution in [0.1, 0.15) is 55.6 Å². The molecular weight excluding hydrogens is 332 g/mol. The van der Waals surface area contributed by atoms with Crippen LogP contribution in [0.5, 0.6) is 5.75 Å². The van der Waals surface area contributed by atoms with Gasteiger partial charge in [-0.15, -0.1) is 0 Å². The third kappa shape index (κ3) is 2.35. The first-order valence-corrected chi connectivity index (χ1v) is 10.6. The molecule has 27 heavy (non-hydrogen) atoms. The van der Waals surface area contributed by atoms with E-state index in [1.54, 1.807) is 0 Å². The summed E-state index contributed by atoms with van der Waals surface area (Å²) in [5, 5.41) is 0. The van der Waals surface area contributed by atoms with Crippen molar-refractivity contribution in [2.75, 3.05) is 0 Å². The average Bonchev–Trinajstić information content (AvgIpc) is 3.06. The predicted molar refractivity (Wildman–Crippen MR) is 105 cm³/mol. The molecule has 1 heterocycles. The van der Waals surface area contributed by atoms with E-state index in [0.29, 0.717) is 5.78 Å². The Morgan fingerprint density at radius 2 is 1.41 bits per heavy atom. The van der Waals surface area contributed by atoms with Crippen LogP contribution in [0.25, 0.3) is 0 Å². The van der Waals surface area contributed by atoms with E-state index in [0.717, 1.165) is 42.8 Å². The molecule has 0 unspecified atom stereocenters. The Morgan fingerprint density at radius 1 is 0.815 bits per heavy atom. The zero-order valence-electron chi connectivity index (χ0n) is 15.6. The Balaban J connectivity index is 1.41. The highest BCUT2D eigenvalue weighted by Crippen LogP contribution is 2.61. The summed E-state index contributed by atoms with van der Waals surface area (Å²) in [6.07, 6.45) is 7.04. The number of carbonyl (C=O) groups is 1. The van der Waals surface area contributed by atoms with E-state index in [9.17, 15) is 4.79 Å². The third-order valence-corrected chi connectivity index (χ3v) is 7.79. The topological polar surface area (TPSA) is 26.3 Å². The first kappa shape index (κ1) is 15.9. The summed E-state index contributed by atoms with van der Waals surface area (Å²) in [5.74, 6) is 3.65. The van der Waals surface area contributed by atoms with Gasteiger partial charge in [0.15, 0.2) is 11.9 Å². The minimum absolute atomic E-state index is 0.0305. The van der Waals surface area contributed by atoms with Crippen molar-refractivity contribution in [1.82, 2.24) is 0 Å². The van der Waals surface area contributed by atoms with Gasteiger partial charge in [-0.1, -0.05) is 48.5 Å². The lowest BCUT2D eigenvalue weighted by molar-refractivity contribution is -0.151. The summed E-state index contributed by atoms with van der Waals surface area (Å²) in [5.41, 5.74) is 2.26. The van der Waals surface area contributed by atoms with Gasteiger partial charge >= 0.3 is 0 Å². The van der Waals surface area contributed by atoms with Gasteiger partial charge in [-0.25, -0.2) is 0 Å². The average molecular weight is 358 g/mol. The fraction of sp³-hybridized carbons (Fsp3) is 0.480. The van der Waals surface area contributed by atoms with Crippen LogP contribution in [0.15, 0.2) is 54.6 Å².